The Morgan fingerprint density at radius 1 is 1.09 bits per heavy atom. The molecular weight excluding hydrogens is 278 g/mol. The first-order valence-corrected chi connectivity index (χ1v) is 7.70. The average molecular weight is 305 g/mol. The number of amides is 2. The molecule has 1 rings (SSSR count). The van der Waals surface area contributed by atoms with E-state index in [1.165, 1.54) is 5.56 Å². The van der Waals surface area contributed by atoms with Crippen molar-refractivity contribution in [1.82, 2.24) is 10.6 Å². The molecule has 5 heteroatoms. The van der Waals surface area contributed by atoms with Gasteiger partial charge >= 0.3 is 0 Å². The van der Waals surface area contributed by atoms with Crippen molar-refractivity contribution in [2.75, 3.05) is 6.54 Å². The lowest BCUT2D eigenvalue weighted by molar-refractivity contribution is -0.127. The van der Waals surface area contributed by atoms with E-state index in [4.69, 9.17) is 5.73 Å². The summed E-state index contributed by atoms with van der Waals surface area (Å²) < 4.78 is 0. The lowest BCUT2D eigenvalue weighted by Gasteiger charge is -2.22. The van der Waals surface area contributed by atoms with Gasteiger partial charge < -0.3 is 16.4 Å². The first-order chi connectivity index (χ1) is 10.3. The molecule has 0 fully saturated rings. The lowest BCUT2D eigenvalue weighted by atomic mass is 9.94. The monoisotopic (exact) mass is 305 g/mol. The molecule has 0 radical (unpaired) electrons. The van der Waals surface area contributed by atoms with Gasteiger partial charge in [-0.25, -0.2) is 0 Å². The van der Waals surface area contributed by atoms with Gasteiger partial charge in [0.05, 0.1) is 12.6 Å². The molecule has 0 aliphatic carbocycles. The summed E-state index contributed by atoms with van der Waals surface area (Å²) in [6.07, 6.45) is 0. The number of nitrogens with two attached hydrogens (primary N) is 1. The second-order valence-electron chi connectivity index (χ2n) is 6.04. The van der Waals surface area contributed by atoms with Crippen LogP contribution in [0.5, 0.6) is 0 Å². The molecule has 0 saturated carbocycles. The van der Waals surface area contributed by atoms with Gasteiger partial charge in [-0.15, -0.1) is 0 Å². The fraction of sp³-hybridized carbons (Fsp3) is 0.529. The van der Waals surface area contributed by atoms with Crippen molar-refractivity contribution in [2.24, 2.45) is 11.7 Å². The summed E-state index contributed by atoms with van der Waals surface area (Å²) in [5.41, 5.74) is 6.90. The number of rotatable bonds is 7. The Balaban J connectivity index is 2.43. The van der Waals surface area contributed by atoms with Crippen LogP contribution in [0.1, 0.15) is 39.2 Å². The van der Waals surface area contributed by atoms with Crippen LogP contribution in [0, 0.1) is 5.92 Å². The molecule has 22 heavy (non-hydrogen) atoms. The molecule has 0 saturated heterocycles. The standard InChI is InChI=1S/C17H27N3O2/c1-11(2)16(18)17(22)19-10-15(21)20-13(4)12(3)14-8-6-5-7-9-14/h5-9,11-13,16H,10,18H2,1-4H3,(H,19,22)(H,20,21)/t12?,13?,16-/m0/s1. The number of carbonyl (C=O) groups excluding carboxylic acids is 2. The number of nitrogens with one attached hydrogen (secondary N) is 2. The summed E-state index contributed by atoms with van der Waals surface area (Å²) in [4.78, 5) is 23.6. The van der Waals surface area contributed by atoms with E-state index in [-0.39, 0.29) is 36.2 Å². The minimum atomic E-state index is -0.589. The lowest BCUT2D eigenvalue weighted by Crippen LogP contribution is -2.48. The second kappa shape index (κ2) is 8.54. The van der Waals surface area contributed by atoms with Crippen molar-refractivity contribution < 1.29 is 9.59 Å². The van der Waals surface area contributed by atoms with Crippen molar-refractivity contribution in [3.05, 3.63) is 35.9 Å². The highest BCUT2D eigenvalue weighted by Gasteiger charge is 2.19. The number of hydrogen-bond donors (Lipinski definition) is 3. The highest BCUT2D eigenvalue weighted by molar-refractivity contribution is 5.87. The number of hydrogen-bond acceptors (Lipinski definition) is 3. The summed E-state index contributed by atoms with van der Waals surface area (Å²) in [5.74, 6) is -0.271. The molecule has 2 amide bonds. The molecule has 0 aliphatic rings. The van der Waals surface area contributed by atoms with Crippen molar-refractivity contribution in [3.8, 4) is 0 Å². The molecule has 1 aromatic rings. The highest BCUT2D eigenvalue weighted by Crippen LogP contribution is 2.18. The SMILES string of the molecule is CC(NC(=O)CNC(=O)[C@@H](N)C(C)C)C(C)c1ccccc1. The van der Waals surface area contributed by atoms with E-state index in [1.807, 2.05) is 51.1 Å². The molecular formula is C17H27N3O2. The maximum absolute atomic E-state index is 11.9. The zero-order valence-corrected chi connectivity index (χ0v) is 13.8. The van der Waals surface area contributed by atoms with Crippen LogP contribution in [0.3, 0.4) is 0 Å². The zero-order valence-electron chi connectivity index (χ0n) is 13.8. The van der Waals surface area contributed by atoms with Crippen molar-refractivity contribution in [3.63, 3.8) is 0 Å². The zero-order chi connectivity index (χ0) is 16.7. The molecule has 0 aromatic heterocycles. The Kier molecular flexibility index (Phi) is 7.05. The molecule has 1 aromatic carbocycles. The van der Waals surface area contributed by atoms with Gasteiger partial charge in [-0.3, -0.25) is 9.59 Å². The summed E-state index contributed by atoms with van der Waals surface area (Å²) in [6.45, 7) is 7.71. The van der Waals surface area contributed by atoms with Crippen LogP contribution >= 0.6 is 0 Å². The molecule has 122 valence electrons. The molecule has 2 unspecified atom stereocenters. The first-order valence-electron chi connectivity index (χ1n) is 7.70. The minimum Gasteiger partial charge on any atom is -0.352 e. The van der Waals surface area contributed by atoms with Crippen LogP contribution in [0.4, 0.5) is 0 Å². The van der Waals surface area contributed by atoms with E-state index in [0.29, 0.717) is 0 Å². The third-order valence-electron chi connectivity index (χ3n) is 3.91. The van der Waals surface area contributed by atoms with Gasteiger partial charge in [0.2, 0.25) is 11.8 Å². The van der Waals surface area contributed by atoms with Crippen LogP contribution in [-0.2, 0) is 9.59 Å². The number of carbonyl (C=O) groups is 2. The van der Waals surface area contributed by atoms with Crippen LogP contribution < -0.4 is 16.4 Å². The van der Waals surface area contributed by atoms with E-state index in [0.717, 1.165) is 0 Å². The van der Waals surface area contributed by atoms with Gasteiger partial charge in [-0.05, 0) is 18.4 Å². The van der Waals surface area contributed by atoms with Crippen LogP contribution in [0.25, 0.3) is 0 Å². The summed E-state index contributed by atoms with van der Waals surface area (Å²) in [7, 11) is 0. The first kappa shape index (κ1) is 18.2. The topological polar surface area (TPSA) is 84.2 Å². The highest BCUT2D eigenvalue weighted by atomic mass is 16.2. The third-order valence-corrected chi connectivity index (χ3v) is 3.91. The Bertz CT molecular complexity index is 488. The van der Waals surface area contributed by atoms with Crippen molar-refractivity contribution in [2.45, 2.75) is 45.7 Å². The molecule has 0 aliphatic heterocycles. The minimum absolute atomic E-state index is 0.0226. The average Bonchev–Trinajstić information content (AvgIpc) is 2.51. The summed E-state index contributed by atoms with van der Waals surface area (Å²) >= 11 is 0. The molecule has 4 N–H and O–H groups in total. The number of benzene rings is 1. The van der Waals surface area contributed by atoms with E-state index >= 15 is 0 Å². The smallest absolute Gasteiger partial charge is 0.239 e. The summed E-state index contributed by atoms with van der Waals surface area (Å²) in [6, 6.07) is 9.39. The van der Waals surface area contributed by atoms with E-state index in [9.17, 15) is 9.59 Å². The fourth-order valence-electron chi connectivity index (χ4n) is 2.06. The van der Waals surface area contributed by atoms with E-state index < -0.39 is 6.04 Å². The Hall–Kier alpha value is -1.88. The Morgan fingerprint density at radius 2 is 1.68 bits per heavy atom. The van der Waals surface area contributed by atoms with E-state index in [2.05, 4.69) is 17.6 Å². The Labute approximate surface area is 132 Å². The maximum atomic E-state index is 11.9. The molecule has 0 spiro atoms. The normalized spacial score (nSPS) is 15.0. The molecule has 0 heterocycles. The third kappa shape index (κ3) is 5.48. The molecule has 0 bridgehead atoms. The van der Waals surface area contributed by atoms with Gasteiger partial charge in [0, 0.05) is 12.0 Å². The van der Waals surface area contributed by atoms with E-state index in [1.54, 1.807) is 0 Å². The van der Waals surface area contributed by atoms with Crippen molar-refractivity contribution >= 4 is 11.8 Å². The summed E-state index contributed by atoms with van der Waals surface area (Å²) in [5, 5.41) is 5.48. The quantitative estimate of drug-likeness (QED) is 0.712. The second-order valence-corrected chi connectivity index (χ2v) is 6.04. The van der Waals surface area contributed by atoms with Crippen LogP contribution in [0.2, 0.25) is 0 Å². The predicted molar refractivity (Wildman–Crippen MR) is 88.3 cm³/mol. The Morgan fingerprint density at radius 3 is 2.23 bits per heavy atom. The van der Waals surface area contributed by atoms with Gasteiger partial charge in [0.25, 0.3) is 0 Å². The fourth-order valence-corrected chi connectivity index (χ4v) is 2.06. The van der Waals surface area contributed by atoms with Gasteiger partial charge in [0.1, 0.15) is 0 Å². The van der Waals surface area contributed by atoms with Gasteiger partial charge in [-0.1, -0.05) is 51.1 Å². The maximum Gasteiger partial charge on any atom is 0.239 e. The van der Waals surface area contributed by atoms with Crippen LogP contribution in [0.15, 0.2) is 30.3 Å². The predicted octanol–water partition coefficient (Wildman–Crippen LogP) is 1.39. The van der Waals surface area contributed by atoms with Crippen LogP contribution in [-0.4, -0.2) is 30.4 Å². The van der Waals surface area contributed by atoms with Crippen molar-refractivity contribution in [1.29, 1.82) is 0 Å². The molecule has 3 atom stereocenters. The van der Waals surface area contributed by atoms with Gasteiger partial charge in [-0.2, -0.15) is 0 Å². The largest absolute Gasteiger partial charge is 0.352 e. The molecule has 5 nitrogen and oxygen atoms in total. The van der Waals surface area contributed by atoms with Gasteiger partial charge in [0.15, 0.2) is 0 Å².